The van der Waals surface area contributed by atoms with Crippen LogP contribution in [0.25, 0.3) is 0 Å². The molecule has 2 aromatic carbocycles. The van der Waals surface area contributed by atoms with E-state index in [1.807, 2.05) is 48.3 Å². The lowest BCUT2D eigenvalue weighted by Gasteiger charge is -2.24. The first kappa shape index (κ1) is 25.8. The number of anilines is 2. The fraction of sp³-hybridized carbons (Fsp3) is 0.433. The number of amides is 1. The molecule has 0 aromatic heterocycles. The molecule has 6 heteroatoms. The minimum Gasteiger partial charge on any atom is -0.493 e. The van der Waals surface area contributed by atoms with Gasteiger partial charge in [0.15, 0.2) is 0 Å². The number of nitrogens with one attached hydrogen (secondary N) is 2. The molecule has 192 valence electrons. The third kappa shape index (κ3) is 6.30. The maximum atomic E-state index is 13.7. The molecule has 2 aliphatic rings. The molecule has 1 heterocycles. The van der Waals surface area contributed by atoms with Gasteiger partial charge in [0.05, 0.1) is 18.0 Å². The second kappa shape index (κ2) is 12.6. The number of rotatable bonds is 10. The van der Waals surface area contributed by atoms with Crippen molar-refractivity contribution in [1.29, 1.82) is 0 Å². The Hall–Kier alpha value is -3.25. The monoisotopic (exact) mass is 488 g/mol. The van der Waals surface area contributed by atoms with E-state index >= 15 is 0 Å². The van der Waals surface area contributed by atoms with E-state index in [-0.39, 0.29) is 11.8 Å². The van der Waals surface area contributed by atoms with Gasteiger partial charge < -0.3 is 25.2 Å². The molecule has 1 aliphatic heterocycles. The van der Waals surface area contributed by atoms with Crippen LogP contribution in [-0.2, 0) is 0 Å². The number of carbonyl (C=O) groups is 1. The zero-order valence-electron chi connectivity index (χ0n) is 21.9. The molecule has 0 saturated carbocycles. The number of carbonyl (C=O) groups excluding carboxylic acids is 1. The van der Waals surface area contributed by atoms with Gasteiger partial charge in [0.2, 0.25) is 0 Å². The number of benzene rings is 2. The molecule has 1 amide bonds. The highest BCUT2D eigenvalue weighted by atomic mass is 16.5. The molecule has 0 spiro atoms. The van der Waals surface area contributed by atoms with Crippen LogP contribution in [0.3, 0.4) is 0 Å². The van der Waals surface area contributed by atoms with Crippen molar-refractivity contribution in [2.24, 2.45) is 0 Å². The first-order valence-corrected chi connectivity index (χ1v) is 13.3. The average molecular weight is 489 g/mol. The summed E-state index contributed by atoms with van der Waals surface area (Å²) < 4.78 is 6.36. The highest BCUT2D eigenvalue weighted by Gasteiger charge is 2.24. The Morgan fingerprint density at radius 1 is 1.22 bits per heavy atom. The molecule has 0 radical (unpaired) electrons. The third-order valence-electron chi connectivity index (χ3n) is 6.91. The maximum Gasteiger partial charge on any atom is 0.258 e. The fourth-order valence-corrected chi connectivity index (χ4v) is 4.95. The molecular formula is C30H40N4O2. The molecule has 4 rings (SSSR count). The van der Waals surface area contributed by atoms with E-state index in [9.17, 15) is 4.79 Å². The Bertz CT molecular complexity index is 1090. The second-order valence-electron chi connectivity index (χ2n) is 9.62. The van der Waals surface area contributed by atoms with Crippen molar-refractivity contribution in [1.82, 2.24) is 10.2 Å². The summed E-state index contributed by atoms with van der Waals surface area (Å²) in [6.45, 7) is 6.46. The fourth-order valence-electron chi connectivity index (χ4n) is 4.95. The molecule has 0 saturated heterocycles. The molecule has 6 nitrogen and oxygen atoms in total. The van der Waals surface area contributed by atoms with Crippen molar-refractivity contribution < 1.29 is 9.53 Å². The molecule has 2 aromatic rings. The van der Waals surface area contributed by atoms with Crippen LogP contribution in [-0.4, -0.2) is 57.7 Å². The van der Waals surface area contributed by atoms with Crippen LogP contribution in [0.1, 0.15) is 54.4 Å². The van der Waals surface area contributed by atoms with Crippen LogP contribution in [0, 0.1) is 0 Å². The summed E-state index contributed by atoms with van der Waals surface area (Å²) in [6.07, 6.45) is 10.5. The second-order valence-corrected chi connectivity index (χ2v) is 9.62. The van der Waals surface area contributed by atoms with Crippen LogP contribution in [0.2, 0.25) is 0 Å². The van der Waals surface area contributed by atoms with E-state index in [1.165, 1.54) is 0 Å². The van der Waals surface area contributed by atoms with Crippen molar-refractivity contribution in [2.75, 3.05) is 57.1 Å². The van der Waals surface area contributed by atoms with Crippen molar-refractivity contribution in [3.63, 3.8) is 0 Å². The first-order chi connectivity index (χ1) is 17.6. The van der Waals surface area contributed by atoms with Crippen molar-refractivity contribution in [3.8, 4) is 5.75 Å². The molecule has 2 N–H and O–H groups in total. The molecule has 36 heavy (non-hydrogen) atoms. The quantitative estimate of drug-likeness (QED) is 0.438. The molecule has 0 fully saturated rings. The molecular weight excluding hydrogens is 448 g/mol. The van der Waals surface area contributed by atoms with Crippen LogP contribution in [0.15, 0.2) is 66.4 Å². The molecule has 1 unspecified atom stereocenters. The summed E-state index contributed by atoms with van der Waals surface area (Å²) in [5, 5.41) is 6.65. The number of para-hydroxylation sites is 2. The van der Waals surface area contributed by atoms with E-state index in [2.05, 4.69) is 53.8 Å². The molecule has 0 bridgehead atoms. The Kier molecular flexibility index (Phi) is 9.06. The summed E-state index contributed by atoms with van der Waals surface area (Å²) in [7, 11) is 4.10. The number of fused-ring (bicyclic) bond motifs is 1. The van der Waals surface area contributed by atoms with E-state index in [0.717, 1.165) is 73.7 Å². The molecule has 1 atom stereocenters. The Labute approximate surface area is 216 Å². The van der Waals surface area contributed by atoms with Gasteiger partial charge in [0.25, 0.3) is 5.91 Å². The zero-order valence-corrected chi connectivity index (χ0v) is 21.9. The van der Waals surface area contributed by atoms with Crippen LogP contribution in [0.4, 0.5) is 11.4 Å². The zero-order chi connectivity index (χ0) is 25.3. The van der Waals surface area contributed by atoms with Gasteiger partial charge in [-0.25, -0.2) is 0 Å². The first-order valence-electron chi connectivity index (χ1n) is 13.3. The lowest BCUT2D eigenvalue weighted by molar-refractivity contribution is 0.0986. The van der Waals surface area contributed by atoms with Gasteiger partial charge in [0.1, 0.15) is 5.75 Å². The lowest BCUT2D eigenvalue weighted by atomic mass is 9.90. The van der Waals surface area contributed by atoms with Crippen LogP contribution >= 0.6 is 0 Å². The van der Waals surface area contributed by atoms with Gasteiger partial charge >= 0.3 is 0 Å². The van der Waals surface area contributed by atoms with Gasteiger partial charge in [-0.3, -0.25) is 4.79 Å². The summed E-state index contributed by atoms with van der Waals surface area (Å²) in [5.74, 6) is 1.06. The largest absolute Gasteiger partial charge is 0.493 e. The Balaban J connectivity index is 1.57. The van der Waals surface area contributed by atoms with Crippen LogP contribution < -0.4 is 20.3 Å². The number of allylic oxidation sites excluding steroid dienone is 3. The van der Waals surface area contributed by atoms with E-state index in [1.54, 1.807) is 0 Å². The average Bonchev–Trinajstić information content (AvgIpc) is 3.13. The van der Waals surface area contributed by atoms with E-state index < -0.39 is 0 Å². The van der Waals surface area contributed by atoms with Gasteiger partial charge in [-0.15, -0.1) is 0 Å². The Morgan fingerprint density at radius 2 is 2.08 bits per heavy atom. The topological polar surface area (TPSA) is 56.8 Å². The SMILES string of the molecule is CCCN(C)CCCOc1cc(C(=O)N2CCCNc3ccccc32)ccc1C1C=CC(NC)=CC1. The van der Waals surface area contributed by atoms with Crippen molar-refractivity contribution in [2.45, 2.75) is 38.5 Å². The molecule has 1 aliphatic carbocycles. The van der Waals surface area contributed by atoms with E-state index in [4.69, 9.17) is 4.74 Å². The number of nitrogens with zero attached hydrogens (tertiary/aromatic N) is 2. The normalized spacial score (nSPS) is 17.2. The van der Waals surface area contributed by atoms with Gasteiger partial charge in [-0.1, -0.05) is 37.3 Å². The predicted molar refractivity (Wildman–Crippen MR) is 149 cm³/mol. The third-order valence-corrected chi connectivity index (χ3v) is 6.91. The summed E-state index contributed by atoms with van der Waals surface area (Å²) >= 11 is 0. The lowest BCUT2D eigenvalue weighted by Crippen LogP contribution is -2.31. The maximum absolute atomic E-state index is 13.7. The van der Waals surface area contributed by atoms with Gasteiger partial charge in [-0.2, -0.15) is 0 Å². The number of hydrogen-bond acceptors (Lipinski definition) is 5. The minimum atomic E-state index is 0.0155. The van der Waals surface area contributed by atoms with Crippen molar-refractivity contribution in [3.05, 3.63) is 77.5 Å². The summed E-state index contributed by atoms with van der Waals surface area (Å²) in [6, 6.07) is 14.1. The summed E-state index contributed by atoms with van der Waals surface area (Å²) in [5.41, 5.74) is 4.87. The van der Waals surface area contributed by atoms with Gasteiger partial charge in [-0.05, 0) is 69.6 Å². The minimum absolute atomic E-state index is 0.0155. The van der Waals surface area contributed by atoms with Crippen LogP contribution in [0.5, 0.6) is 5.75 Å². The number of likely N-dealkylation sites (N-methyl/N-ethyl adjacent to an activating group) is 1. The van der Waals surface area contributed by atoms with Crippen molar-refractivity contribution >= 4 is 17.3 Å². The number of ether oxygens (including phenoxy) is 1. The number of hydrogen-bond donors (Lipinski definition) is 2. The highest BCUT2D eigenvalue weighted by Crippen LogP contribution is 2.35. The smallest absolute Gasteiger partial charge is 0.258 e. The highest BCUT2D eigenvalue weighted by molar-refractivity contribution is 6.08. The summed E-state index contributed by atoms with van der Waals surface area (Å²) in [4.78, 5) is 18.0. The van der Waals surface area contributed by atoms with Gasteiger partial charge in [0, 0.05) is 49.4 Å². The Morgan fingerprint density at radius 3 is 2.86 bits per heavy atom. The van der Waals surface area contributed by atoms with E-state index in [0.29, 0.717) is 18.7 Å². The standard InChI is InChI=1S/C30H40N4O2/c1-4-18-33(3)19-8-21-36-29-22-24(13-16-26(29)23-11-14-25(31-2)15-12-23)30(35)34-20-7-17-32-27-9-5-6-10-28(27)34/h5-6,9-11,13-16,22-23,31-32H,4,7-8,12,17-21H2,1-3H3. The predicted octanol–water partition coefficient (Wildman–Crippen LogP) is 5.41.